The number of carbonyl (C=O) groups excluding carboxylic acids is 3. The summed E-state index contributed by atoms with van der Waals surface area (Å²) >= 11 is 0. The molecular weight excluding hydrogens is 328 g/mol. The summed E-state index contributed by atoms with van der Waals surface area (Å²) in [6.45, 7) is 2.01. The number of benzene rings is 1. The third-order valence-corrected chi connectivity index (χ3v) is 4.39. The molecule has 9 nitrogen and oxygen atoms in total. The number of fused-ring (bicyclic) bond motifs is 1. The Morgan fingerprint density at radius 1 is 1.16 bits per heavy atom. The fourth-order valence-electron chi connectivity index (χ4n) is 3.06. The first-order valence-corrected chi connectivity index (χ1v) is 8.16. The van der Waals surface area contributed by atoms with Gasteiger partial charge in [-0.2, -0.15) is 0 Å². The number of nitrogens with zero attached hydrogens (tertiary/aromatic N) is 3. The largest absolute Gasteiger partial charge is 0.338 e. The molecule has 1 saturated heterocycles. The van der Waals surface area contributed by atoms with Crippen molar-refractivity contribution in [3.05, 3.63) is 39.4 Å². The Morgan fingerprint density at radius 3 is 2.52 bits per heavy atom. The normalized spacial score (nSPS) is 16.3. The van der Waals surface area contributed by atoms with Gasteiger partial charge in [0.05, 0.1) is 16.1 Å². The molecule has 0 aliphatic carbocycles. The summed E-state index contributed by atoms with van der Waals surface area (Å²) in [6.07, 6.45) is 2.44. The zero-order valence-electron chi connectivity index (χ0n) is 13.6. The Balaban J connectivity index is 1.55. The SMILES string of the molecule is O=C(NCCCN1C(=O)c2ccc([N+](=O)[O-])cc2C1=O)N1CCCC1. The molecule has 1 aromatic carbocycles. The molecule has 0 bridgehead atoms. The van der Waals surface area contributed by atoms with Gasteiger partial charge in [-0.05, 0) is 25.3 Å². The number of urea groups is 1. The summed E-state index contributed by atoms with van der Waals surface area (Å²) in [5.41, 5.74) is 0.0108. The number of nitro groups is 1. The zero-order chi connectivity index (χ0) is 18.0. The van der Waals surface area contributed by atoms with E-state index in [2.05, 4.69) is 5.32 Å². The lowest BCUT2D eigenvalue weighted by Crippen LogP contribution is -2.39. The molecule has 4 amide bonds. The van der Waals surface area contributed by atoms with Crippen LogP contribution in [-0.4, -0.2) is 58.7 Å². The maximum atomic E-state index is 12.3. The Hall–Kier alpha value is -2.97. The average Bonchev–Trinajstić information content (AvgIpc) is 3.21. The van der Waals surface area contributed by atoms with E-state index in [0.717, 1.165) is 36.9 Å². The first-order chi connectivity index (χ1) is 12.0. The lowest BCUT2D eigenvalue weighted by molar-refractivity contribution is -0.384. The lowest BCUT2D eigenvalue weighted by Gasteiger charge is -2.17. The minimum atomic E-state index is -0.603. The molecule has 0 atom stereocenters. The molecule has 0 unspecified atom stereocenters. The van der Waals surface area contributed by atoms with E-state index in [1.807, 2.05) is 0 Å². The van der Waals surface area contributed by atoms with E-state index in [-0.39, 0.29) is 29.4 Å². The summed E-state index contributed by atoms with van der Waals surface area (Å²) < 4.78 is 0. The van der Waals surface area contributed by atoms with Gasteiger partial charge in [-0.15, -0.1) is 0 Å². The summed E-state index contributed by atoms with van der Waals surface area (Å²) in [7, 11) is 0. The number of carbonyl (C=O) groups is 3. The quantitative estimate of drug-likeness (QED) is 0.375. The van der Waals surface area contributed by atoms with Crippen LogP contribution in [0.25, 0.3) is 0 Å². The molecule has 2 aliphatic heterocycles. The predicted molar refractivity (Wildman–Crippen MR) is 87.3 cm³/mol. The van der Waals surface area contributed by atoms with Crippen LogP contribution in [0.2, 0.25) is 0 Å². The van der Waals surface area contributed by atoms with E-state index in [0.29, 0.717) is 13.0 Å². The number of hydrogen-bond acceptors (Lipinski definition) is 5. The van der Waals surface area contributed by atoms with Crippen molar-refractivity contribution >= 4 is 23.5 Å². The molecule has 2 aliphatic rings. The van der Waals surface area contributed by atoms with E-state index in [4.69, 9.17) is 0 Å². The third-order valence-electron chi connectivity index (χ3n) is 4.39. The molecule has 0 aromatic heterocycles. The first-order valence-electron chi connectivity index (χ1n) is 8.16. The molecule has 0 spiro atoms. The Bertz CT molecular complexity index is 742. The Kier molecular flexibility index (Phi) is 4.64. The maximum Gasteiger partial charge on any atom is 0.317 e. The van der Waals surface area contributed by atoms with Crippen LogP contribution in [0, 0.1) is 10.1 Å². The number of hydrogen-bond donors (Lipinski definition) is 1. The van der Waals surface area contributed by atoms with Crippen LogP contribution in [0.1, 0.15) is 40.0 Å². The maximum absolute atomic E-state index is 12.3. The summed E-state index contributed by atoms with van der Waals surface area (Å²) in [6, 6.07) is 3.52. The molecule has 132 valence electrons. The third kappa shape index (κ3) is 3.30. The fourth-order valence-corrected chi connectivity index (χ4v) is 3.06. The van der Waals surface area contributed by atoms with E-state index in [9.17, 15) is 24.5 Å². The van der Waals surface area contributed by atoms with Crippen molar-refractivity contribution in [2.24, 2.45) is 0 Å². The highest BCUT2D eigenvalue weighted by atomic mass is 16.6. The molecule has 1 aromatic rings. The van der Waals surface area contributed by atoms with Crippen molar-refractivity contribution in [3.63, 3.8) is 0 Å². The van der Waals surface area contributed by atoms with Gasteiger partial charge in [0, 0.05) is 38.3 Å². The Labute approximate surface area is 143 Å². The molecule has 25 heavy (non-hydrogen) atoms. The number of imide groups is 1. The van der Waals surface area contributed by atoms with E-state index in [1.165, 1.54) is 12.1 Å². The minimum absolute atomic E-state index is 0.0558. The molecule has 9 heteroatoms. The van der Waals surface area contributed by atoms with Crippen LogP contribution < -0.4 is 5.32 Å². The van der Waals surface area contributed by atoms with Crippen molar-refractivity contribution in [2.45, 2.75) is 19.3 Å². The minimum Gasteiger partial charge on any atom is -0.338 e. The molecule has 2 heterocycles. The number of nitrogens with one attached hydrogen (secondary N) is 1. The highest BCUT2D eigenvalue weighted by molar-refractivity contribution is 6.21. The van der Waals surface area contributed by atoms with Gasteiger partial charge in [-0.3, -0.25) is 24.6 Å². The van der Waals surface area contributed by atoms with Crippen LogP contribution in [0.15, 0.2) is 18.2 Å². The highest BCUT2D eigenvalue weighted by Crippen LogP contribution is 2.26. The van der Waals surface area contributed by atoms with Gasteiger partial charge in [0.15, 0.2) is 0 Å². The number of nitro benzene ring substituents is 1. The second kappa shape index (κ2) is 6.88. The van der Waals surface area contributed by atoms with Gasteiger partial charge in [0.1, 0.15) is 0 Å². The predicted octanol–water partition coefficient (Wildman–Crippen LogP) is 1.39. The van der Waals surface area contributed by atoms with Gasteiger partial charge in [0.2, 0.25) is 0 Å². The smallest absolute Gasteiger partial charge is 0.317 e. The number of rotatable bonds is 5. The monoisotopic (exact) mass is 346 g/mol. The van der Waals surface area contributed by atoms with E-state index in [1.54, 1.807) is 4.90 Å². The van der Waals surface area contributed by atoms with Gasteiger partial charge in [-0.1, -0.05) is 0 Å². The number of non-ortho nitro benzene ring substituents is 1. The standard InChI is InChI=1S/C16H18N4O5/c21-14-12-5-4-11(20(24)25)10-13(12)15(22)19(14)9-3-6-17-16(23)18-7-1-2-8-18/h4-5,10H,1-3,6-9H2,(H,17,23). The average molecular weight is 346 g/mol. The molecule has 0 radical (unpaired) electrons. The molecule has 0 saturated carbocycles. The summed E-state index contributed by atoms with van der Waals surface area (Å²) in [5, 5.41) is 13.6. The zero-order valence-corrected chi connectivity index (χ0v) is 13.6. The van der Waals surface area contributed by atoms with Crippen molar-refractivity contribution in [3.8, 4) is 0 Å². The number of likely N-dealkylation sites (tertiary alicyclic amines) is 1. The molecule has 1 N–H and O–H groups in total. The van der Waals surface area contributed by atoms with Crippen LogP contribution >= 0.6 is 0 Å². The van der Waals surface area contributed by atoms with Crippen molar-refractivity contribution in [1.29, 1.82) is 0 Å². The van der Waals surface area contributed by atoms with E-state index < -0.39 is 16.7 Å². The molecule has 3 rings (SSSR count). The fraction of sp³-hybridized carbons (Fsp3) is 0.438. The van der Waals surface area contributed by atoms with Crippen molar-refractivity contribution in [2.75, 3.05) is 26.2 Å². The van der Waals surface area contributed by atoms with Gasteiger partial charge in [-0.25, -0.2) is 4.79 Å². The Morgan fingerprint density at radius 2 is 1.84 bits per heavy atom. The van der Waals surface area contributed by atoms with Gasteiger partial charge >= 0.3 is 6.03 Å². The van der Waals surface area contributed by atoms with Crippen LogP contribution in [0.4, 0.5) is 10.5 Å². The van der Waals surface area contributed by atoms with Crippen LogP contribution in [0.3, 0.4) is 0 Å². The highest BCUT2D eigenvalue weighted by Gasteiger charge is 2.36. The van der Waals surface area contributed by atoms with Crippen LogP contribution in [-0.2, 0) is 0 Å². The number of amides is 4. The van der Waals surface area contributed by atoms with Crippen LogP contribution in [0.5, 0.6) is 0 Å². The first kappa shape index (κ1) is 16.9. The molecule has 1 fully saturated rings. The summed E-state index contributed by atoms with van der Waals surface area (Å²) in [4.78, 5) is 49.4. The molecular formula is C16H18N4O5. The van der Waals surface area contributed by atoms with Crippen molar-refractivity contribution < 1.29 is 19.3 Å². The second-order valence-electron chi connectivity index (χ2n) is 6.03. The van der Waals surface area contributed by atoms with Crippen molar-refractivity contribution in [1.82, 2.24) is 15.1 Å². The lowest BCUT2D eigenvalue weighted by atomic mass is 10.1. The van der Waals surface area contributed by atoms with Gasteiger partial charge < -0.3 is 10.2 Å². The topological polar surface area (TPSA) is 113 Å². The second-order valence-corrected chi connectivity index (χ2v) is 6.03. The summed E-state index contributed by atoms with van der Waals surface area (Å²) in [5.74, 6) is -0.990. The van der Waals surface area contributed by atoms with Gasteiger partial charge in [0.25, 0.3) is 17.5 Å². The van der Waals surface area contributed by atoms with E-state index >= 15 is 0 Å².